The van der Waals surface area contributed by atoms with Crippen LogP contribution >= 0.6 is 0 Å². The molecule has 0 radical (unpaired) electrons. The Morgan fingerprint density at radius 3 is 3.00 bits per heavy atom. The number of hydrogen-bond donors (Lipinski definition) is 2. The Hall–Kier alpha value is -2.54. The molecule has 0 spiro atoms. The van der Waals surface area contributed by atoms with Gasteiger partial charge in [0.05, 0.1) is 19.4 Å². The monoisotopic (exact) mass is 371 g/mol. The topological polar surface area (TPSA) is 72.7 Å². The average molecular weight is 371 g/mol. The van der Waals surface area contributed by atoms with E-state index in [0.717, 1.165) is 43.3 Å². The van der Waals surface area contributed by atoms with Crippen LogP contribution in [0.25, 0.3) is 0 Å². The molecule has 1 aromatic carbocycles. The van der Waals surface area contributed by atoms with E-state index in [2.05, 4.69) is 45.8 Å². The van der Waals surface area contributed by atoms with E-state index < -0.39 is 0 Å². The highest BCUT2D eigenvalue weighted by Crippen LogP contribution is 2.23. The Morgan fingerprint density at radius 1 is 1.41 bits per heavy atom. The molecule has 2 aromatic rings. The van der Waals surface area contributed by atoms with Crippen LogP contribution in [0.4, 0.5) is 0 Å². The molecule has 1 aliphatic rings. The van der Waals surface area contributed by atoms with E-state index in [-0.39, 0.29) is 6.10 Å². The smallest absolute Gasteiger partial charge is 0.191 e. The number of hydrogen-bond acceptors (Lipinski definition) is 4. The summed E-state index contributed by atoms with van der Waals surface area (Å²) in [6.07, 6.45) is 5.90. The molecule has 1 atom stereocenters. The summed E-state index contributed by atoms with van der Waals surface area (Å²) < 4.78 is 13.4. The van der Waals surface area contributed by atoms with Gasteiger partial charge in [0.1, 0.15) is 11.9 Å². The number of benzene rings is 1. The Morgan fingerprint density at radius 2 is 2.30 bits per heavy atom. The van der Waals surface area contributed by atoms with Crippen molar-refractivity contribution in [2.24, 2.45) is 12.0 Å². The molecule has 7 nitrogen and oxygen atoms in total. The largest absolute Gasteiger partial charge is 0.488 e. The lowest BCUT2D eigenvalue weighted by Crippen LogP contribution is -2.38. The fraction of sp³-hybridized carbons (Fsp3) is 0.500. The molecule has 0 bridgehead atoms. The number of ether oxygens (including phenoxy) is 2. The molecule has 0 aliphatic carbocycles. The van der Waals surface area contributed by atoms with Crippen molar-refractivity contribution in [2.75, 3.05) is 26.8 Å². The lowest BCUT2D eigenvalue weighted by atomic mass is 10.1. The number of rotatable bonds is 7. The van der Waals surface area contributed by atoms with Crippen LogP contribution in [0.2, 0.25) is 0 Å². The summed E-state index contributed by atoms with van der Waals surface area (Å²) in [7, 11) is 3.71. The van der Waals surface area contributed by atoms with Crippen molar-refractivity contribution in [3.05, 3.63) is 47.3 Å². The number of guanidine groups is 1. The second-order valence-corrected chi connectivity index (χ2v) is 6.84. The average Bonchev–Trinajstić information content (AvgIpc) is 3.31. The van der Waals surface area contributed by atoms with Gasteiger partial charge < -0.3 is 20.1 Å². The van der Waals surface area contributed by atoms with Crippen molar-refractivity contribution in [1.82, 2.24) is 20.4 Å². The maximum absolute atomic E-state index is 6.16. The van der Waals surface area contributed by atoms with Crippen LogP contribution in [0.3, 0.4) is 0 Å². The van der Waals surface area contributed by atoms with Crippen molar-refractivity contribution in [1.29, 1.82) is 0 Å². The number of nitrogens with zero attached hydrogens (tertiary/aromatic N) is 3. The molecule has 27 heavy (non-hydrogen) atoms. The molecule has 2 heterocycles. The van der Waals surface area contributed by atoms with E-state index in [1.54, 1.807) is 7.05 Å². The van der Waals surface area contributed by atoms with Gasteiger partial charge in [0.15, 0.2) is 5.96 Å². The highest BCUT2D eigenvalue weighted by atomic mass is 16.5. The first-order valence-corrected chi connectivity index (χ1v) is 9.40. The second kappa shape index (κ2) is 9.41. The van der Waals surface area contributed by atoms with Gasteiger partial charge in [-0.3, -0.25) is 9.67 Å². The van der Waals surface area contributed by atoms with Gasteiger partial charge in [0.2, 0.25) is 0 Å². The van der Waals surface area contributed by atoms with Crippen LogP contribution in [0, 0.1) is 6.92 Å². The molecule has 1 saturated heterocycles. The van der Waals surface area contributed by atoms with Gasteiger partial charge in [-0.15, -0.1) is 0 Å². The van der Waals surface area contributed by atoms with E-state index in [9.17, 15) is 0 Å². The van der Waals surface area contributed by atoms with E-state index in [1.807, 2.05) is 24.1 Å². The third-order valence-corrected chi connectivity index (χ3v) is 4.54. The van der Waals surface area contributed by atoms with E-state index in [4.69, 9.17) is 9.47 Å². The predicted octanol–water partition coefficient (Wildman–Crippen LogP) is 1.80. The lowest BCUT2D eigenvalue weighted by Gasteiger charge is -2.18. The first kappa shape index (κ1) is 19.2. The van der Waals surface area contributed by atoms with Crippen molar-refractivity contribution >= 4 is 5.96 Å². The molecule has 1 aliphatic heterocycles. The SMILES string of the molecule is CN=C(NCCc1cnn(C)c1)NCc1ccc(C)cc1OC1CCOC1. The maximum atomic E-state index is 6.16. The molecule has 0 amide bonds. The molecular weight excluding hydrogens is 342 g/mol. The van der Waals surface area contributed by atoms with Gasteiger partial charge in [-0.1, -0.05) is 12.1 Å². The lowest BCUT2D eigenvalue weighted by molar-refractivity contribution is 0.140. The zero-order valence-corrected chi connectivity index (χ0v) is 16.4. The van der Waals surface area contributed by atoms with Crippen molar-refractivity contribution in [3.8, 4) is 5.75 Å². The van der Waals surface area contributed by atoms with Gasteiger partial charge in [-0.25, -0.2) is 0 Å². The number of aromatic nitrogens is 2. The Labute approximate surface area is 160 Å². The Balaban J connectivity index is 1.52. The summed E-state index contributed by atoms with van der Waals surface area (Å²) >= 11 is 0. The summed E-state index contributed by atoms with van der Waals surface area (Å²) in [5, 5.41) is 10.9. The fourth-order valence-corrected chi connectivity index (χ4v) is 3.03. The van der Waals surface area contributed by atoms with Gasteiger partial charge in [0.25, 0.3) is 0 Å². The van der Waals surface area contributed by atoms with Gasteiger partial charge in [-0.05, 0) is 30.5 Å². The van der Waals surface area contributed by atoms with Gasteiger partial charge in [-0.2, -0.15) is 5.10 Å². The zero-order valence-electron chi connectivity index (χ0n) is 16.4. The molecule has 1 unspecified atom stereocenters. The Bertz CT molecular complexity index is 765. The van der Waals surface area contributed by atoms with Crippen LogP contribution in [-0.4, -0.2) is 48.7 Å². The van der Waals surface area contributed by atoms with Gasteiger partial charge >= 0.3 is 0 Å². The Kier molecular flexibility index (Phi) is 6.70. The highest BCUT2D eigenvalue weighted by Gasteiger charge is 2.18. The van der Waals surface area contributed by atoms with Crippen molar-refractivity contribution in [2.45, 2.75) is 32.4 Å². The van der Waals surface area contributed by atoms with Crippen LogP contribution in [0.5, 0.6) is 5.75 Å². The van der Waals surface area contributed by atoms with E-state index in [0.29, 0.717) is 13.2 Å². The maximum Gasteiger partial charge on any atom is 0.191 e. The molecule has 146 valence electrons. The van der Waals surface area contributed by atoms with E-state index in [1.165, 1.54) is 11.1 Å². The fourth-order valence-electron chi connectivity index (χ4n) is 3.03. The third kappa shape index (κ3) is 5.72. The first-order valence-electron chi connectivity index (χ1n) is 9.40. The summed E-state index contributed by atoms with van der Waals surface area (Å²) in [5.41, 5.74) is 3.50. The minimum atomic E-state index is 0.141. The highest BCUT2D eigenvalue weighted by molar-refractivity contribution is 5.79. The minimum Gasteiger partial charge on any atom is -0.488 e. The van der Waals surface area contributed by atoms with Crippen molar-refractivity contribution < 1.29 is 9.47 Å². The summed E-state index contributed by atoms with van der Waals surface area (Å²) in [6.45, 7) is 4.96. The molecule has 0 saturated carbocycles. The zero-order chi connectivity index (χ0) is 19.1. The molecule has 3 rings (SSSR count). The normalized spacial score (nSPS) is 17.1. The summed E-state index contributed by atoms with van der Waals surface area (Å²) in [6, 6.07) is 6.30. The molecule has 7 heteroatoms. The first-order chi connectivity index (χ1) is 13.1. The summed E-state index contributed by atoms with van der Waals surface area (Å²) in [5.74, 6) is 1.69. The minimum absolute atomic E-state index is 0.141. The third-order valence-electron chi connectivity index (χ3n) is 4.54. The van der Waals surface area contributed by atoms with Crippen LogP contribution in [0.1, 0.15) is 23.1 Å². The quantitative estimate of drug-likeness (QED) is 0.574. The molecular formula is C20H29N5O2. The number of nitrogens with one attached hydrogen (secondary N) is 2. The van der Waals surface area contributed by atoms with E-state index >= 15 is 0 Å². The van der Waals surface area contributed by atoms with Crippen LogP contribution < -0.4 is 15.4 Å². The van der Waals surface area contributed by atoms with Crippen molar-refractivity contribution in [3.63, 3.8) is 0 Å². The van der Waals surface area contributed by atoms with Gasteiger partial charge in [0, 0.05) is 45.4 Å². The summed E-state index contributed by atoms with van der Waals surface area (Å²) in [4.78, 5) is 4.30. The number of aryl methyl sites for hydroxylation is 2. The number of aliphatic imine (C=N–C) groups is 1. The second-order valence-electron chi connectivity index (χ2n) is 6.84. The molecule has 1 aromatic heterocycles. The standard InChI is InChI=1S/C20H29N5O2/c1-15-4-5-17(19(10-15)27-18-7-9-26-14-18)12-23-20(21-2)22-8-6-16-11-24-25(3)13-16/h4-5,10-11,13,18H,6-9,12,14H2,1-3H3,(H2,21,22,23). The van der Waals surface area contributed by atoms with Crippen LogP contribution in [0.15, 0.2) is 35.6 Å². The molecule has 1 fully saturated rings. The van der Waals surface area contributed by atoms with Crippen LogP contribution in [-0.2, 0) is 24.8 Å². The molecule has 2 N–H and O–H groups in total. The predicted molar refractivity (Wildman–Crippen MR) is 106 cm³/mol.